The van der Waals surface area contributed by atoms with Gasteiger partial charge >= 0.3 is 6.03 Å². The average Bonchev–Trinajstić information content (AvgIpc) is 2.54. The Morgan fingerprint density at radius 2 is 1.91 bits per heavy atom. The maximum Gasteiger partial charge on any atom is 0.319 e. The van der Waals surface area contributed by atoms with Gasteiger partial charge in [-0.25, -0.2) is 4.79 Å². The number of anilines is 1. The second-order valence-corrected chi connectivity index (χ2v) is 5.43. The van der Waals surface area contributed by atoms with Gasteiger partial charge in [0.1, 0.15) is 18.5 Å². The first-order valence-corrected chi connectivity index (χ1v) is 7.52. The zero-order valence-corrected chi connectivity index (χ0v) is 13.4. The molecule has 5 nitrogen and oxygen atoms in total. The molecule has 2 amide bonds. The summed E-state index contributed by atoms with van der Waals surface area (Å²) in [6.07, 6.45) is -0.778. The molecule has 0 aliphatic heterocycles. The number of aryl methyl sites for hydroxylation is 2. The molecule has 0 saturated carbocycles. The van der Waals surface area contributed by atoms with Crippen LogP contribution in [0.5, 0.6) is 5.75 Å². The van der Waals surface area contributed by atoms with Crippen LogP contribution in [0.1, 0.15) is 11.1 Å². The molecule has 0 aromatic heterocycles. The minimum atomic E-state index is -0.778. The van der Waals surface area contributed by atoms with Gasteiger partial charge in [-0.3, -0.25) is 0 Å². The molecule has 0 spiro atoms. The molecule has 0 bridgehead atoms. The van der Waals surface area contributed by atoms with Crippen molar-refractivity contribution in [3.63, 3.8) is 0 Å². The normalized spacial score (nSPS) is 11.6. The Morgan fingerprint density at radius 1 is 1.17 bits per heavy atom. The number of aliphatic hydroxyl groups is 1. The molecule has 122 valence electrons. The number of amides is 2. The van der Waals surface area contributed by atoms with E-state index in [1.54, 1.807) is 0 Å². The Bertz CT molecular complexity index is 644. The topological polar surface area (TPSA) is 70.6 Å². The Balaban J connectivity index is 1.73. The highest BCUT2D eigenvalue weighted by Gasteiger charge is 2.09. The third-order valence-electron chi connectivity index (χ3n) is 3.31. The van der Waals surface area contributed by atoms with E-state index in [9.17, 15) is 9.90 Å². The number of para-hydroxylation sites is 1. The molecule has 0 radical (unpaired) electrons. The van der Waals surface area contributed by atoms with Gasteiger partial charge in [0.15, 0.2) is 0 Å². The van der Waals surface area contributed by atoms with Crippen molar-refractivity contribution in [1.82, 2.24) is 5.32 Å². The Morgan fingerprint density at radius 3 is 2.61 bits per heavy atom. The van der Waals surface area contributed by atoms with Crippen LogP contribution in [0.4, 0.5) is 10.5 Å². The lowest BCUT2D eigenvalue weighted by Crippen LogP contribution is -2.37. The number of rotatable bonds is 6. The summed E-state index contributed by atoms with van der Waals surface area (Å²) in [7, 11) is 0. The fourth-order valence-electron chi connectivity index (χ4n) is 2.10. The molecular weight excluding hydrogens is 292 g/mol. The molecule has 5 heteroatoms. The van der Waals surface area contributed by atoms with Crippen molar-refractivity contribution >= 4 is 11.7 Å². The van der Waals surface area contributed by atoms with Crippen LogP contribution in [-0.4, -0.2) is 30.4 Å². The Kier molecular flexibility index (Phi) is 6.00. The van der Waals surface area contributed by atoms with E-state index in [2.05, 4.69) is 10.6 Å². The summed E-state index contributed by atoms with van der Waals surface area (Å²) in [6.45, 7) is 4.17. The fraction of sp³-hybridized carbons (Fsp3) is 0.278. The first kappa shape index (κ1) is 16.8. The molecule has 0 unspecified atom stereocenters. The van der Waals surface area contributed by atoms with Crippen LogP contribution >= 0.6 is 0 Å². The van der Waals surface area contributed by atoms with E-state index in [4.69, 9.17) is 4.74 Å². The number of ether oxygens (including phenoxy) is 1. The fourth-order valence-corrected chi connectivity index (χ4v) is 2.10. The highest BCUT2D eigenvalue weighted by molar-refractivity contribution is 5.90. The predicted molar refractivity (Wildman–Crippen MR) is 90.9 cm³/mol. The number of benzene rings is 2. The van der Waals surface area contributed by atoms with E-state index in [1.165, 1.54) is 0 Å². The molecule has 2 rings (SSSR count). The van der Waals surface area contributed by atoms with E-state index in [-0.39, 0.29) is 19.2 Å². The monoisotopic (exact) mass is 314 g/mol. The number of urea groups is 1. The van der Waals surface area contributed by atoms with Gasteiger partial charge in [0.05, 0.1) is 0 Å². The zero-order valence-electron chi connectivity index (χ0n) is 13.4. The third kappa shape index (κ3) is 5.64. The van der Waals surface area contributed by atoms with Crippen molar-refractivity contribution in [3.8, 4) is 5.75 Å². The smallest absolute Gasteiger partial charge is 0.319 e. The Labute approximate surface area is 136 Å². The van der Waals surface area contributed by atoms with Crippen LogP contribution in [0.3, 0.4) is 0 Å². The molecule has 23 heavy (non-hydrogen) atoms. The summed E-state index contributed by atoms with van der Waals surface area (Å²) in [5.41, 5.74) is 2.89. The van der Waals surface area contributed by atoms with E-state index in [0.717, 1.165) is 16.8 Å². The van der Waals surface area contributed by atoms with Crippen molar-refractivity contribution in [1.29, 1.82) is 0 Å². The number of hydrogen-bond acceptors (Lipinski definition) is 3. The molecule has 0 heterocycles. The molecule has 2 aromatic rings. The van der Waals surface area contributed by atoms with Gasteiger partial charge in [0.2, 0.25) is 0 Å². The lowest BCUT2D eigenvalue weighted by Gasteiger charge is -2.14. The van der Waals surface area contributed by atoms with Crippen molar-refractivity contribution in [2.75, 3.05) is 18.5 Å². The molecule has 1 atom stereocenters. The maximum absolute atomic E-state index is 11.9. The number of aliphatic hydroxyl groups excluding tert-OH is 1. The van der Waals surface area contributed by atoms with Crippen LogP contribution in [-0.2, 0) is 0 Å². The van der Waals surface area contributed by atoms with Crippen molar-refractivity contribution in [2.24, 2.45) is 0 Å². The lowest BCUT2D eigenvalue weighted by molar-refractivity contribution is 0.108. The first-order valence-electron chi connectivity index (χ1n) is 7.52. The van der Waals surface area contributed by atoms with Gasteiger partial charge in [-0.15, -0.1) is 0 Å². The van der Waals surface area contributed by atoms with Crippen LogP contribution in [0, 0.1) is 13.8 Å². The second kappa shape index (κ2) is 8.19. The second-order valence-electron chi connectivity index (χ2n) is 5.43. The van der Waals surface area contributed by atoms with E-state index < -0.39 is 6.10 Å². The quantitative estimate of drug-likeness (QED) is 0.768. The van der Waals surface area contributed by atoms with E-state index >= 15 is 0 Å². The number of carbonyl (C=O) groups is 1. The molecule has 0 aliphatic carbocycles. The first-order chi connectivity index (χ1) is 11.0. The van der Waals surface area contributed by atoms with Gasteiger partial charge in [0, 0.05) is 12.2 Å². The highest BCUT2D eigenvalue weighted by Crippen LogP contribution is 2.15. The highest BCUT2D eigenvalue weighted by atomic mass is 16.5. The molecule has 0 aliphatic rings. The summed E-state index contributed by atoms with van der Waals surface area (Å²) in [4.78, 5) is 11.9. The molecule has 3 N–H and O–H groups in total. The van der Waals surface area contributed by atoms with Gasteiger partial charge in [-0.1, -0.05) is 35.9 Å². The summed E-state index contributed by atoms with van der Waals surface area (Å²) < 4.78 is 5.43. The number of carbonyl (C=O) groups excluding carboxylic acids is 1. The SMILES string of the molecule is Cc1ccc(NC(=O)NC[C@@H](O)COc2ccccc2)c(C)c1. The van der Waals surface area contributed by atoms with Crippen LogP contribution < -0.4 is 15.4 Å². The maximum atomic E-state index is 11.9. The molecule has 2 aromatic carbocycles. The predicted octanol–water partition coefficient (Wildman–Crippen LogP) is 2.86. The average molecular weight is 314 g/mol. The van der Waals surface area contributed by atoms with Crippen LogP contribution in [0.2, 0.25) is 0 Å². The number of hydrogen-bond donors (Lipinski definition) is 3. The van der Waals surface area contributed by atoms with Gasteiger partial charge < -0.3 is 20.5 Å². The van der Waals surface area contributed by atoms with Crippen molar-refractivity contribution < 1.29 is 14.6 Å². The van der Waals surface area contributed by atoms with Crippen LogP contribution in [0.15, 0.2) is 48.5 Å². The minimum Gasteiger partial charge on any atom is -0.491 e. The van der Waals surface area contributed by atoms with E-state index in [1.807, 2.05) is 62.4 Å². The molecule has 0 fully saturated rings. The van der Waals surface area contributed by atoms with Crippen molar-refractivity contribution in [2.45, 2.75) is 20.0 Å². The van der Waals surface area contributed by atoms with Gasteiger partial charge in [-0.05, 0) is 37.6 Å². The minimum absolute atomic E-state index is 0.115. The van der Waals surface area contributed by atoms with Crippen LogP contribution in [0.25, 0.3) is 0 Å². The third-order valence-corrected chi connectivity index (χ3v) is 3.31. The lowest BCUT2D eigenvalue weighted by atomic mass is 10.1. The zero-order chi connectivity index (χ0) is 16.7. The largest absolute Gasteiger partial charge is 0.491 e. The standard InChI is InChI=1S/C18H22N2O3/c1-13-8-9-17(14(2)10-13)20-18(22)19-11-15(21)12-23-16-6-4-3-5-7-16/h3-10,15,21H,11-12H2,1-2H3,(H2,19,20,22)/t15-/m1/s1. The Hall–Kier alpha value is -2.53. The van der Waals surface area contributed by atoms with Crippen molar-refractivity contribution in [3.05, 3.63) is 59.7 Å². The molecular formula is C18H22N2O3. The summed E-state index contributed by atoms with van der Waals surface area (Å²) in [6, 6.07) is 14.7. The number of nitrogens with one attached hydrogen (secondary N) is 2. The summed E-state index contributed by atoms with van der Waals surface area (Å²) >= 11 is 0. The summed E-state index contributed by atoms with van der Waals surface area (Å²) in [5, 5.41) is 15.2. The van der Waals surface area contributed by atoms with Gasteiger partial charge in [0.25, 0.3) is 0 Å². The molecule has 0 saturated heterocycles. The van der Waals surface area contributed by atoms with E-state index in [0.29, 0.717) is 5.75 Å². The van der Waals surface area contributed by atoms with Gasteiger partial charge in [-0.2, -0.15) is 0 Å². The summed E-state index contributed by atoms with van der Waals surface area (Å²) in [5.74, 6) is 0.686.